The second kappa shape index (κ2) is 6.54. The van der Waals surface area contributed by atoms with Gasteiger partial charge in [0.1, 0.15) is 0 Å². The van der Waals surface area contributed by atoms with Gasteiger partial charge in [-0.15, -0.1) is 0 Å². The lowest BCUT2D eigenvalue weighted by molar-refractivity contribution is -0.123. The van der Waals surface area contributed by atoms with Crippen LogP contribution < -0.4 is 10.6 Å². The summed E-state index contributed by atoms with van der Waals surface area (Å²) in [6.07, 6.45) is 0. The lowest BCUT2D eigenvalue weighted by Gasteiger charge is -2.12. The van der Waals surface area contributed by atoms with Crippen LogP contribution in [0.3, 0.4) is 0 Å². The number of halogens is 1. The molecular weight excluding hydrogens is 296 g/mol. The van der Waals surface area contributed by atoms with Crippen LogP contribution in [0.5, 0.6) is 0 Å². The molecule has 2 amide bonds. The van der Waals surface area contributed by atoms with Crippen LogP contribution in [-0.2, 0) is 9.59 Å². The molecule has 98 valence electrons. The van der Waals surface area contributed by atoms with Crippen LogP contribution in [0, 0.1) is 13.8 Å². The minimum Gasteiger partial charge on any atom is -0.346 e. The number of benzene rings is 1. The average Bonchev–Trinajstić information content (AvgIpc) is 2.30. The summed E-state index contributed by atoms with van der Waals surface area (Å²) in [6.45, 7) is 5.55. The summed E-state index contributed by atoms with van der Waals surface area (Å²) in [6, 6.07) is 5.80. The Labute approximate surface area is 115 Å². The number of carbonyl (C=O) groups excluding carboxylic acids is 2. The van der Waals surface area contributed by atoms with Crippen LogP contribution in [0.15, 0.2) is 18.2 Å². The number of amides is 2. The van der Waals surface area contributed by atoms with Gasteiger partial charge in [-0.05, 0) is 31.9 Å². The van der Waals surface area contributed by atoms with E-state index in [-0.39, 0.29) is 23.2 Å². The van der Waals surface area contributed by atoms with E-state index in [4.69, 9.17) is 0 Å². The summed E-state index contributed by atoms with van der Waals surface area (Å²) < 4.78 is 0. The SMILES string of the molecule is Cc1cccc(C)c1NC(=O)CNC(=O)C(C)Br. The molecule has 0 spiro atoms. The number of para-hydroxylation sites is 1. The van der Waals surface area contributed by atoms with Gasteiger partial charge in [-0.1, -0.05) is 34.1 Å². The number of nitrogens with one attached hydrogen (secondary N) is 2. The van der Waals surface area contributed by atoms with Gasteiger partial charge < -0.3 is 10.6 Å². The first-order chi connectivity index (χ1) is 8.41. The van der Waals surface area contributed by atoms with Gasteiger partial charge in [-0.2, -0.15) is 0 Å². The molecule has 1 unspecified atom stereocenters. The Morgan fingerprint density at radius 3 is 2.33 bits per heavy atom. The zero-order valence-electron chi connectivity index (χ0n) is 10.7. The van der Waals surface area contributed by atoms with E-state index < -0.39 is 0 Å². The summed E-state index contributed by atoms with van der Waals surface area (Å²) in [5, 5.41) is 5.35. The topological polar surface area (TPSA) is 58.2 Å². The maximum Gasteiger partial charge on any atom is 0.243 e. The van der Waals surface area contributed by atoms with Crippen molar-refractivity contribution in [1.29, 1.82) is 0 Å². The van der Waals surface area contributed by atoms with E-state index in [2.05, 4.69) is 26.6 Å². The monoisotopic (exact) mass is 312 g/mol. The van der Waals surface area contributed by atoms with Crippen LogP contribution in [-0.4, -0.2) is 23.2 Å². The summed E-state index contributed by atoms with van der Waals surface area (Å²) in [7, 11) is 0. The molecule has 1 aromatic carbocycles. The van der Waals surface area contributed by atoms with Crippen molar-refractivity contribution < 1.29 is 9.59 Å². The molecule has 0 bridgehead atoms. The van der Waals surface area contributed by atoms with Crippen molar-refractivity contribution >= 4 is 33.4 Å². The van der Waals surface area contributed by atoms with Gasteiger partial charge in [0.25, 0.3) is 0 Å². The Morgan fingerprint density at radius 1 is 1.28 bits per heavy atom. The Kier molecular flexibility index (Phi) is 5.34. The molecule has 1 rings (SSSR count). The van der Waals surface area contributed by atoms with E-state index in [0.29, 0.717) is 0 Å². The first-order valence-electron chi connectivity index (χ1n) is 5.69. The van der Waals surface area contributed by atoms with Gasteiger partial charge in [0.2, 0.25) is 11.8 Å². The highest BCUT2D eigenvalue weighted by Gasteiger charge is 2.11. The maximum absolute atomic E-state index is 11.7. The molecule has 0 aliphatic carbocycles. The fraction of sp³-hybridized carbons (Fsp3) is 0.385. The first-order valence-corrected chi connectivity index (χ1v) is 6.61. The zero-order chi connectivity index (χ0) is 13.7. The lowest BCUT2D eigenvalue weighted by atomic mass is 10.1. The first kappa shape index (κ1) is 14.7. The molecule has 0 saturated carbocycles. The van der Waals surface area contributed by atoms with Crippen LogP contribution in [0.2, 0.25) is 0 Å². The fourth-order valence-electron chi connectivity index (χ4n) is 1.50. The minimum absolute atomic E-state index is 0.0253. The highest BCUT2D eigenvalue weighted by atomic mass is 79.9. The van der Waals surface area contributed by atoms with Crippen molar-refractivity contribution in [2.45, 2.75) is 25.6 Å². The van der Waals surface area contributed by atoms with Crippen LogP contribution in [0.1, 0.15) is 18.1 Å². The van der Waals surface area contributed by atoms with Crippen molar-refractivity contribution in [1.82, 2.24) is 5.32 Å². The van der Waals surface area contributed by atoms with Crippen molar-refractivity contribution in [2.75, 3.05) is 11.9 Å². The quantitative estimate of drug-likeness (QED) is 0.837. The molecule has 0 fully saturated rings. The molecule has 0 radical (unpaired) electrons. The third-order valence-electron chi connectivity index (χ3n) is 2.53. The fourth-order valence-corrected chi connectivity index (χ4v) is 1.67. The lowest BCUT2D eigenvalue weighted by Crippen LogP contribution is -2.36. The third kappa shape index (κ3) is 4.14. The molecular formula is C13H17BrN2O2. The van der Waals surface area contributed by atoms with E-state index in [1.165, 1.54) is 0 Å². The molecule has 2 N–H and O–H groups in total. The van der Waals surface area contributed by atoms with E-state index in [9.17, 15) is 9.59 Å². The van der Waals surface area contributed by atoms with E-state index in [1.54, 1.807) is 6.92 Å². The van der Waals surface area contributed by atoms with Crippen molar-refractivity contribution in [2.24, 2.45) is 0 Å². The Morgan fingerprint density at radius 2 is 1.83 bits per heavy atom. The van der Waals surface area contributed by atoms with Gasteiger partial charge in [0, 0.05) is 5.69 Å². The number of aryl methyl sites for hydroxylation is 2. The minimum atomic E-state index is -0.300. The van der Waals surface area contributed by atoms with E-state index in [1.807, 2.05) is 32.0 Å². The van der Waals surface area contributed by atoms with Crippen LogP contribution >= 0.6 is 15.9 Å². The number of carbonyl (C=O) groups is 2. The third-order valence-corrected chi connectivity index (χ3v) is 2.95. The largest absolute Gasteiger partial charge is 0.346 e. The smallest absolute Gasteiger partial charge is 0.243 e. The number of hydrogen-bond donors (Lipinski definition) is 2. The number of hydrogen-bond acceptors (Lipinski definition) is 2. The summed E-state index contributed by atoms with van der Waals surface area (Å²) >= 11 is 3.14. The van der Waals surface area contributed by atoms with Crippen LogP contribution in [0.4, 0.5) is 5.69 Å². The Bertz CT molecular complexity index is 438. The number of anilines is 1. The number of alkyl halides is 1. The summed E-state index contributed by atoms with van der Waals surface area (Å²) in [5.74, 6) is -0.430. The second-order valence-corrected chi connectivity index (χ2v) is 5.52. The van der Waals surface area contributed by atoms with Crippen LogP contribution in [0.25, 0.3) is 0 Å². The van der Waals surface area contributed by atoms with Gasteiger partial charge in [-0.3, -0.25) is 9.59 Å². The molecule has 5 heteroatoms. The van der Waals surface area contributed by atoms with Crippen molar-refractivity contribution in [3.63, 3.8) is 0 Å². The summed E-state index contributed by atoms with van der Waals surface area (Å²) in [5.41, 5.74) is 2.82. The van der Waals surface area contributed by atoms with E-state index in [0.717, 1.165) is 16.8 Å². The molecule has 1 atom stereocenters. The molecule has 0 heterocycles. The predicted molar refractivity (Wildman–Crippen MR) is 75.9 cm³/mol. The van der Waals surface area contributed by atoms with Gasteiger partial charge in [-0.25, -0.2) is 0 Å². The second-order valence-electron chi connectivity index (χ2n) is 4.15. The van der Waals surface area contributed by atoms with Gasteiger partial charge in [0.05, 0.1) is 11.4 Å². The number of rotatable bonds is 4. The normalized spacial score (nSPS) is 11.8. The molecule has 0 aliphatic rings. The molecule has 4 nitrogen and oxygen atoms in total. The maximum atomic E-state index is 11.7. The molecule has 1 aromatic rings. The predicted octanol–water partition coefficient (Wildman–Crippen LogP) is 2.14. The van der Waals surface area contributed by atoms with E-state index >= 15 is 0 Å². The Hall–Kier alpha value is -1.36. The van der Waals surface area contributed by atoms with Gasteiger partial charge >= 0.3 is 0 Å². The van der Waals surface area contributed by atoms with Crippen molar-refractivity contribution in [3.05, 3.63) is 29.3 Å². The molecule has 0 aromatic heterocycles. The molecule has 0 aliphatic heterocycles. The zero-order valence-corrected chi connectivity index (χ0v) is 12.3. The molecule has 18 heavy (non-hydrogen) atoms. The highest BCUT2D eigenvalue weighted by molar-refractivity contribution is 9.10. The average molecular weight is 313 g/mol. The Balaban J connectivity index is 2.58. The summed E-state index contributed by atoms with van der Waals surface area (Å²) in [4.78, 5) is 22.7. The standard InChI is InChI=1S/C13H17BrN2O2/c1-8-5-4-6-9(2)12(8)16-11(17)7-15-13(18)10(3)14/h4-6,10H,7H2,1-3H3,(H,15,18)(H,16,17). The van der Waals surface area contributed by atoms with Gasteiger partial charge in [0.15, 0.2) is 0 Å². The highest BCUT2D eigenvalue weighted by Crippen LogP contribution is 2.18. The molecule has 0 saturated heterocycles. The van der Waals surface area contributed by atoms with Crippen molar-refractivity contribution in [3.8, 4) is 0 Å².